The van der Waals surface area contributed by atoms with Crippen molar-refractivity contribution < 1.29 is 29.7 Å². The Kier molecular flexibility index (Phi) is 9.47. The summed E-state index contributed by atoms with van der Waals surface area (Å²) in [5.41, 5.74) is 0.686. The van der Waals surface area contributed by atoms with Crippen LogP contribution < -0.4 is 5.32 Å². The maximum Gasteiger partial charge on any atom is 0.308 e. The Hall–Kier alpha value is -1.73. The molecule has 0 radical (unpaired) electrons. The number of carboxylic acid groups (broad SMARTS) is 1. The molecule has 0 saturated heterocycles. The summed E-state index contributed by atoms with van der Waals surface area (Å²) in [4.78, 5) is 34.8. The van der Waals surface area contributed by atoms with E-state index in [9.17, 15) is 24.6 Å². The summed E-state index contributed by atoms with van der Waals surface area (Å²) in [7, 11) is 0. The molecule has 7 nitrogen and oxygen atoms in total. The summed E-state index contributed by atoms with van der Waals surface area (Å²) >= 11 is 0. The van der Waals surface area contributed by atoms with E-state index < -0.39 is 41.7 Å². The van der Waals surface area contributed by atoms with Gasteiger partial charge in [0.25, 0.3) is 0 Å². The van der Waals surface area contributed by atoms with E-state index in [2.05, 4.69) is 5.32 Å². The van der Waals surface area contributed by atoms with E-state index in [4.69, 9.17) is 5.11 Å². The Labute approximate surface area is 142 Å². The van der Waals surface area contributed by atoms with Crippen molar-refractivity contribution in [3.05, 3.63) is 11.6 Å². The highest BCUT2D eigenvalue weighted by Crippen LogP contribution is 2.14. The van der Waals surface area contributed by atoms with Crippen LogP contribution in [0.15, 0.2) is 11.6 Å². The predicted octanol–water partition coefficient (Wildman–Crippen LogP) is 0.743. The number of hydrogen-bond acceptors (Lipinski definition) is 5. The number of carboxylic acids is 1. The lowest BCUT2D eigenvalue weighted by molar-refractivity contribution is -0.147. The fourth-order valence-electron chi connectivity index (χ4n) is 2.17. The summed E-state index contributed by atoms with van der Waals surface area (Å²) in [6, 6.07) is 0. The van der Waals surface area contributed by atoms with Gasteiger partial charge in [-0.3, -0.25) is 14.4 Å². The van der Waals surface area contributed by atoms with Crippen molar-refractivity contribution in [1.29, 1.82) is 0 Å². The lowest BCUT2D eigenvalue weighted by atomic mass is 9.90. The topological polar surface area (TPSA) is 124 Å². The van der Waals surface area contributed by atoms with E-state index in [1.54, 1.807) is 19.9 Å². The Morgan fingerprint density at radius 3 is 2.08 bits per heavy atom. The number of aliphatic hydroxyl groups excluding tert-OH is 2. The number of Topliss-reactive ketones (excluding diaryl/α,β-unsaturated/α-hetero) is 1. The Morgan fingerprint density at radius 2 is 1.62 bits per heavy atom. The number of rotatable bonds is 10. The molecular weight excluding hydrogens is 314 g/mol. The van der Waals surface area contributed by atoms with Crippen molar-refractivity contribution >= 4 is 17.7 Å². The van der Waals surface area contributed by atoms with Crippen LogP contribution in [0.2, 0.25) is 0 Å². The van der Waals surface area contributed by atoms with Gasteiger partial charge in [0.1, 0.15) is 0 Å². The Morgan fingerprint density at radius 1 is 1.08 bits per heavy atom. The van der Waals surface area contributed by atoms with Gasteiger partial charge in [0, 0.05) is 5.92 Å². The standard InChI is InChI=1S/C17H29NO6/c1-6-13(19)9(2)7-10(3)16(22)18-8-14(20)11(4)15(21)12(5)17(23)24/h7,10-13,15,19,21H,6,8H2,1-5H3,(H,18,22)(H,23,24)/b9-7+/t10-,11-,12+,13-,15-/m1/s1. The molecule has 0 spiro atoms. The summed E-state index contributed by atoms with van der Waals surface area (Å²) in [6.07, 6.45) is 0.270. The second-order valence-electron chi connectivity index (χ2n) is 6.21. The van der Waals surface area contributed by atoms with Gasteiger partial charge in [-0.15, -0.1) is 0 Å². The molecule has 0 rings (SSSR count). The van der Waals surface area contributed by atoms with Crippen LogP contribution in [0.4, 0.5) is 0 Å². The molecule has 0 aliphatic carbocycles. The second kappa shape index (κ2) is 10.2. The van der Waals surface area contributed by atoms with Crippen LogP contribution in [0.25, 0.3) is 0 Å². The minimum atomic E-state index is -1.31. The van der Waals surface area contributed by atoms with Crippen LogP contribution in [0.5, 0.6) is 0 Å². The second-order valence-corrected chi connectivity index (χ2v) is 6.21. The largest absolute Gasteiger partial charge is 0.481 e. The maximum atomic E-state index is 12.0. The summed E-state index contributed by atoms with van der Waals surface area (Å²) in [5, 5.41) is 30.9. The molecule has 24 heavy (non-hydrogen) atoms. The zero-order valence-electron chi connectivity index (χ0n) is 14.9. The van der Waals surface area contributed by atoms with Crippen LogP contribution >= 0.6 is 0 Å². The first kappa shape index (κ1) is 22.3. The zero-order valence-corrected chi connectivity index (χ0v) is 14.9. The Bertz CT molecular complexity index is 487. The van der Waals surface area contributed by atoms with Gasteiger partial charge in [-0.2, -0.15) is 0 Å². The molecule has 4 N–H and O–H groups in total. The van der Waals surface area contributed by atoms with Crippen molar-refractivity contribution in [2.45, 2.75) is 53.2 Å². The maximum absolute atomic E-state index is 12.0. The molecule has 1 amide bonds. The molecule has 138 valence electrons. The minimum Gasteiger partial charge on any atom is -0.481 e. The normalized spacial score (nSPS) is 18.2. The first-order valence-electron chi connectivity index (χ1n) is 8.10. The van der Waals surface area contributed by atoms with Crippen LogP contribution in [0, 0.1) is 17.8 Å². The Balaban J connectivity index is 4.59. The predicted molar refractivity (Wildman–Crippen MR) is 89.2 cm³/mol. The van der Waals surface area contributed by atoms with Crippen LogP contribution in [-0.4, -0.2) is 51.7 Å². The molecule has 7 heteroatoms. The fraction of sp³-hybridized carbons (Fsp3) is 0.706. The van der Waals surface area contributed by atoms with Gasteiger partial charge in [-0.25, -0.2) is 0 Å². The number of aliphatic hydroxyl groups is 2. The molecule has 0 bridgehead atoms. The average molecular weight is 343 g/mol. The van der Waals surface area contributed by atoms with Gasteiger partial charge in [-0.05, 0) is 25.8 Å². The molecule has 0 aliphatic rings. The highest BCUT2D eigenvalue weighted by molar-refractivity contribution is 5.89. The van der Waals surface area contributed by atoms with E-state index in [0.29, 0.717) is 12.0 Å². The smallest absolute Gasteiger partial charge is 0.308 e. The number of nitrogens with one attached hydrogen (secondary N) is 1. The average Bonchev–Trinajstić information content (AvgIpc) is 2.55. The van der Waals surface area contributed by atoms with Crippen molar-refractivity contribution in [2.75, 3.05) is 6.54 Å². The van der Waals surface area contributed by atoms with E-state index in [-0.39, 0.29) is 12.5 Å². The number of carbonyl (C=O) groups excluding carboxylic acids is 2. The van der Waals surface area contributed by atoms with Gasteiger partial charge in [0.2, 0.25) is 5.91 Å². The SMILES string of the molecule is CC[C@@H](O)/C(C)=C/[C@@H](C)C(=O)NCC(=O)[C@@H](C)[C@@H](O)[C@H](C)C(=O)O. The van der Waals surface area contributed by atoms with Crippen molar-refractivity contribution in [3.63, 3.8) is 0 Å². The number of carbonyl (C=O) groups is 3. The number of amides is 1. The lowest BCUT2D eigenvalue weighted by Gasteiger charge is -2.21. The van der Waals surface area contributed by atoms with E-state index >= 15 is 0 Å². The third-order valence-corrected chi connectivity index (χ3v) is 4.20. The summed E-state index contributed by atoms with van der Waals surface area (Å²) in [6.45, 7) is 7.69. The molecule has 0 aromatic rings. The monoisotopic (exact) mass is 343 g/mol. The summed E-state index contributed by atoms with van der Waals surface area (Å²) in [5.74, 6) is -4.48. The molecule has 5 atom stereocenters. The minimum absolute atomic E-state index is 0.281. The highest BCUT2D eigenvalue weighted by Gasteiger charge is 2.30. The van der Waals surface area contributed by atoms with E-state index in [1.807, 2.05) is 6.92 Å². The quantitative estimate of drug-likeness (QED) is 0.434. The third-order valence-electron chi connectivity index (χ3n) is 4.20. The van der Waals surface area contributed by atoms with Gasteiger partial charge in [-0.1, -0.05) is 26.8 Å². The first-order valence-corrected chi connectivity index (χ1v) is 8.10. The van der Waals surface area contributed by atoms with E-state index in [0.717, 1.165) is 0 Å². The molecule has 0 saturated carbocycles. The molecule has 0 aliphatic heterocycles. The first-order chi connectivity index (χ1) is 11.0. The van der Waals surface area contributed by atoms with Crippen molar-refractivity contribution in [1.82, 2.24) is 5.32 Å². The number of ketones is 1. The highest BCUT2D eigenvalue weighted by atomic mass is 16.4. The molecule has 0 fully saturated rings. The third kappa shape index (κ3) is 6.80. The van der Waals surface area contributed by atoms with Crippen LogP contribution in [-0.2, 0) is 14.4 Å². The van der Waals surface area contributed by atoms with Crippen LogP contribution in [0.1, 0.15) is 41.0 Å². The van der Waals surface area contributed by atoms with Gasteiger partial charge < -0.3 is 20.6 Å². The molecular formula is C17H29NO6. The van der Waals surface area contributed by atoms with Gasteiger partial charge >= 0.3 is 5.97 Å². The van der Waals surface area contributed by atoms with E-state index in [1.165, 1.54) is 13.8 Å². The number of aliphatic carboxylic acids is 1. The van der Waals surface area contributed by atoms with Crippen molar-refractivity contribution in [3.8, 4) is 0 Å². The van der Waals surface area contributed by atoms with Crippen molar-refractivity contribution in [2.24, 2.45) is 17.8 Å². The fourth-order valence-corrected chi connectivity index (χ4v) is 2.17. The molecule has 0 unspecified atom stereocenters. The molecule has 0 heterocycles. The van der Waals surface area contributed by atoms with Gasteiger partial charge in [0.05, 0.1) is 30.6 Å². The zero-order chi connectivity index (χ0) is 19.0. The van der Waals surface area contributed by atoms with Gasteiger partial charge in [0.15, 0.2) is 5.78 Å². The lowest BCUT2D eigenvalue weighted by Crippen LogP contribution is -2.41. The van der Waals surface area contributed by atoms with Crippen LogP contribution in [0.3, 0.4) is 0 Å². The molecule has 0 aromatic heterocycles. The summed E-state index contributed by atoms with van der Waals surface area (Å²) < 4.78 is 0. The number of hydrogen-bond donors (Lipinski definition) is 4. The molecule has 0 aromatic carbocycles.